The monoisotopic (exact) mass is 1340 g/mol. The number of carbonyl (C=O) groups excluding carboxylic acids is 4. The first kappa shape index (κ1) is 89.1. The maximum Gasteiger partial charge on any atom is 0.472 e. The molecule has 0 radical (unpaired) electrons. The van der Waals surface area contributed by atoms with Gasteiger partial charge in [0.1, 0.15) is 19.3 Å². The summed E-state index contributed by atoms with van der Waals surface area (Å²) in [7, 11) is -9.91. The van der Waals surface area contributed by atoms with Crippen molar-refractivity contribution in [3.05, 3.63) is 0 Å². The first-order chi connectivity index (χ1) is 43.6. The van der Waals surface area contributed by atoms with E-state index in [0.717, 1.165) is 114 Å². The minimum absolute atomic E-state index is 0.105. The number of aliphatic hydroxyl groups excluding tert-OH is 1. The number of phosphoric acid groups is 2. The molecule has 0 saturated heterocycles. The number of rotatable bonds is 69. The quantitative estimate of drug-likeness (QED) is 0.0222. The Morgan fingerprint density at radius 3 is 0.780 bits per heavy atom. The Balaban J connectivity index is 5.28. The van der Waals surface area contributed by atoms with Crippen LogP contribution in [0.25, 0.3) is 0 Å². The summed E-state index contributed by atoms with van der Waals surface area (Å²) < 4.78 is 68.4. The van der Waals surface area contributed by atoms with Crippen LogP contribution in [0.1, 0.15) is 357 Å². The third kappa shape index (κ3) is 65.1. The summed E-state index contributed by atoms with van der Waals surface area (Å²) in [6, 6.07) is 0. The molecule has 0 aromatic rings. The molecule has 6 atom stereocenters. The van der Waals surface area contributed by atoms with Crippen LogP contribution < -0.4 is 0 Å². The molecule has 0 aliphatic heterocycles. The molecule has 19 heteroatoms. The molecular formula is C72H140O17P2. The summed E-state index contributed by atoms with van der Waals surface area (Å²) in [6.45, 7) is 14.1. The Bertz CT molecular complexity index is 1800. The highest BCUT2D eigenvalue weighted by atomic mass is 31.2. The number of phosphoric ester groups is 2. The molecule has 0 spiro atoms. The smallest absolute Gasteiger partial charge is 0.462 e. The lowest BCUT2D eigenvalue weighted by molar-refractivity contribution is -0.161. The van der Waals surface area contributed by atoms with Crippen LogP contribution in [-0.4, -0.2) is 96.7 Å². The van der Waals surface area contributed by atoms with Crippen molar-refractivity contribution in [1.82, 2.24) is 0 Å². The first-order valence-corrected chi connectivity index (χ1v) is 40.2. The topological polar surface area (TPSA) is 237 Å². The first-order valence-electron chi connectivity index (χ1n) is 37.2. The summed E-state index contributed by atoms with van der Waals surface area (Å²) in [5, 5.41) is 10.6. The number of carbonyl (C=O) groups is 4. The molecule has 17 nitrogen and oxygen atoms in total. The van der Waals surface area contributed by atoms with Gasteiger partial charge in [-0.25, -0.2) is 9.13 Å². The van der Waals surface area contributed by atoms with Gasteiger partial charge in [-0.1, -0.05) is 306 Å². The molecule has 3 N–H and O–H groups in total. The number of hydrogen-bond acceptors (Lipinski definition) is 15. The Hall–Kier alpha value is -1.94. The summed E-state index contributed by atoms with van der Waals surface area (Å²) in [5.74, 6) is 0.913. The van der Waals surface area contributed by atoms with Crippen LogP contribution in [0.2, 0.25) is 0 Å². The van der Waals surface area contributed by atoms with Gasteiger partial charge in [-0.3, -0.25) is 37.3 Å². The molecule has 0 aliphatic carbocycles. The fraction of sp³-hybridized carbons (Fsp3) is 0.944. The predicted octanol–water partition coefficient (Wildman–Crippen LogP) is 20.5. The van der Waals surface area contributed by atoms with E-state index in [1.54, 1.807) is 0 Å². The van der Waals surface area contributed by atoms with Gasteiger partial charge in [-0.05, 0) is 49.4 Å². The lowest BCUT2D eigenvalue weighted by Gasteiger charge is -2.21. The number of ether oxygens (including phenoxy) is 4. The van der Waals surface area contributed by atoms with Gasteiger partial charge in [0.05, 0.1) is 26.4 Å². The number of esters is 4. The molecule has 0 heterocycles. The normalized spacial score (nSPS) is 14.5. The van der Waals surface area contributed by atoms with Gasteiger partial charge in [0.25, 0.3) is 0 Å². The minimum atomic E-state index is -4.95. The van der Waals surface area contributed by atoms with Crippen molar-refractivity contribution in [2.75, 3.05) is 39.6 Å². The third-order valence-corrected chi connectivity index (χ3v) is 18.8. The molecular weight excluding hydrogens is 1200 g/mol. The van der Waals surface area contributed by atoms with Crippen LogP contribution in [0.15, 0.2) is 0 Å². The van der Waals surface area contributed by atoms with Gasteiger partial charge in [0, 0.05) is 25.7 Å². The van der Waals surface area contributed by atoms with Crippen LogP contribution in [0, 0.1) is 23.7 Å². The van der Waals surface area contributed by atoms with Gasteiger partial charge in [0.15, 0.2) is 12.2 Å². The van der Waals surface area contributed by atoms with E-state index < -0.39 is 97.5 Å². The maximum absolute atomic E-state index is 13.0. The van der Waals surface area contributed by atoms with E-state index in [-0.39, 0.29) is 25.7 Å². The van der Waals surface area contributed by atoms with Crippen molar-refractivity contribution in [1.29, 1.82) is 0 Å². The summed E-state index contributed by atoms with van der Waals surface area (Å²) >= 11 is 0. The Morgan fingerprint density at radius 1 is 0.308 bits per heavy atom. The molecule has 4 unspecified atom stereocenters. The molecule has 540 valence electrons. The molecule has 0 aromatic heterocycles. The average molecular weight is 1340 g/mol. The van der Waals surface area contributed by atoms with Crippen LogP contribution in [0.5, 0.6) is 0 Å². The van der Waals surface area contributed by atoms with Gasteiger partial charge in [-0.15, -0.1) is 0 Å². The third-order valence-electron chi connectivity index (χ3n) is 16.9. The second-order valence-corrected chi connectivity index (χ2v) is 30.6. The second-order valence-electron chi connectivity index (χ2n) is 27.6. The number of hydrogen-bond donors (Lipinski definition) is 3. The molecule has 0 aliphatic rings. The Kier molecular flexibility index (Phi) is 60.3. The molecule has 0 fully saturated rings. The fourth-order valence-electron chi connectivity index (χ4n) is 10.8. The van der Waals surface area contributed by atoms with E-state index in [0.29, 0.717) is 25.7 Å². The summed E-state index contributed by atoms with van der Waals surface area (Å²) in [5.41, 5.74) is 0. The van der Waals surface area contributed by atoms with Crippen molar-refractivity contribution < 1.29 is 80.2 Å². The highest BCUT2D eigenvalue weighted by molar-refractivity contribution is 7.47. The molecule has 0 rings (SSSR count). The zero-order chi connectivity index (χ0) is 67.5. The molecule has 0 bridgehead atoms. The van der Waals surface area contributed by atoms with Gasteiger partial charge < -0.3 is 33.8 Å². The molecule has 0 saturated carbocycles. The number of unbranched alkanes of at least 4 members (excludes halogenated alkanes) is 34. The lowest BCUT2D eigenvalue weighted by atomic mass is 9.99. The second kappa shape index (κ2) is 61.6. The van der Waals surface area contributed by atoms with Crippen LogP contribution in [-0.2, 0) is 65.4 Å². The minimum Gasteiger partial charge on any atom is -0.462 e. The largest absolute Gasteiger partial charge is 0.472 e. The highest BCUT2D eigenvalue weighted by Gasteiger charge is 2.30. The number of aliphatic hydroxyl groups is 1. The van der Waals surface area contributed by atoms with Crippen molar-refractivity contribution in [3.63, 3.8) is 0 Å². The van der Waals surface area contributed by atoms with Crippen molar-refractivity contribution in [3.8, 4) is 0 Å². The van der Waals surface area contributed by atoms with E-state index in [9.17, 15) is 43.2 Å². The van der Waals surface area contributed by atoms with Gasteiger partial charge in [0.2, 0.25) is 0 Å². The highest BCUT2D eigenvalue weighted by Crippen LogP contribution is 2.45. The summed E-state index contributed by atoms with van der Waals surface area (Å²) in [6.07, 6.45) is 44.3. The van der Waals surface area contributed by atoms with E-state index >= 15 is 0 Å². The standard InChI is InChI=1S/C72H140O17P2/c1-9-65(8)51-43-35-27-18-12-15-21-31-39-47-55-72(77)88-67(58-82-69(74)52-44-36-28-19-13-10-16-24-32-40-48-62(2)3)60-86-90(78,79)84-56-66(73)57-85-91(80,81)87-61-68(59-83-70(75)53-45-37-29-23-22-26-34-42-50-64(6)7)89-71(76)54-46-38-30-20-14-11-17-25-33-41-49-63(4)5/h62-68,73H,9-61H2,1-8H3,(H,78,79)(H,80,81)/t65?,66?,67-,68-/m1/s1. The van der Waals surface area contributed by atoms with Gasteiger partial charge in [-0.2, -0.15) is 0 Å². The SMILES string of the molecule is CCC(C)CCCCCCCCCCCCC(=O)O[C@H](COC(=O)CCCCCCCCCCCCC(C)C)COP(=O)(O)OCC(O)COP(=O)(O)OC[C@@H](COC(=O)CCCCCCCCCCC(C)C)OC(=O)CCCCCCCCCCCCC(C)C. The fourth-order valence-corrected chi connectivity index (χ4v) is 12.4. The Labute approximate surface area is 556 Å². The zero-order valence-corrected chi connectivity index (χ0v) is 61.3. The van der Waals surface area contributed by atoms with Crippen LogP contribution in [0.3, 0.4) is 0 Å². The zero-order valence-electron chi connectivity index (χ0n) is 59.5. The molecule has 0 aromatic carbocycles. The van der Waals surface area contributed by atoms with E-state index in [4.69, 9.17) is 37.0 Å². The van der Waals surface area contributed by atoms with Crippen molar-refractivity contribution >= 4 is 39.5 Å². The average Bonchev–Trinajstić information content (AvgIpc) is 3.28. The van der Waals surface area contributed by atoms with Crippen LogP contribution in [0.4, 0.5) is 0 Å². The lowest BCUT2D eigenvalue weighted by Crippen LogP contribution is -2.30. The predicted molar refractivity (Wildman–Crippen MR) is 367 cm³/mol. The molecule has 0 amide bonds. The van der Waals surface area contributed by atoms with Crippen LogP contribution >= 0.6 is 15.6 Å². The summed E-state index contributed by atoms with van der Waals surface area (Å²) in [4.78, 5) is 72.7. The van der Waals surface area contributed by atoms with E-state index in [1.807, 2.05) is 0 Å². The molecule has 91 heavy (non-hydrogen) atoms. The van der Waals surface area contributed by atoms with Gasteiger partial charge >= 0.3 is 39.5 Å². The van der Waals surface area contributed by atoms with Crippen molar-refractivity contribution in [2.24, 2.45) is 23.7 Å². The maximum atomic E-state index is 13.0. The van der Waals surface area contributed by atoms with E-state index in [2.05, 4.69) is 55.4 Å². The van der Waals surface area contributed by atoms with E-state index in [1.165, 1.54) is 161 Å². The Morgan fingerprint density at radius 2 is 0.527 bits per heavy atom. The van der Waals surface area contributed by atoms with Crippen molar-refractivity contribution in [2.45, 2.75) is 375 Å².